The number of nitrogens with one attached hydrogen (secondary N) is 2. The fraction of sp³-hybridized carbons (Fsp3) is 0.467. The van der Waals surface area contributed by atoms with E-state index in [9.17, 15) is 9.59 Å². The van der Waals surface area contributed by atoms with Crippen molar-refractivity contribution in [2.45, 2.75) is 26.7 Å². The Morgan fingerprint density at radius 1 is 1.10 bits per heavy atom. The molecule has 0 radical (unpaired) electrons. The van der Waals surface area contributed by atoms with Gasteiger partial charge in [0.1, 0.15) is 0 Å². The predicted molar refractivity (Wildman–Crippen MR) is 81.2 cm³/mol. The van der Waals surface area contributed by atoms with Crippen molar-refractivity contribution in [2.24, 2.45) is 0 Å². The molecule has 0 saturated heterocycles. The maximum Gasteiger partial charge on any atom is 0.251 e. The maximum atomic E-state index is 11.9. The zero-order valence-corrected chi connectivity index (χ0v) is 12.7. The molecule has 0 heterocycles. The van der Waals surface area contributed by atoms with Crippen LogP contribution < -0.4 is 10.6 Å². The van der Waals surface area contributed by atoms with Crippen LogP contribution in [0.1, 0.15) is 34.3 Å². The number of carbonyl (C=O) groups excluding carboxylic acids is 2. The van der Waals surface area contributed by atoms with Gasteiger partial charge in [0.25, 0.3) is 5.91 Å². The van der Waals surface area contributed by atoms with Crippen LogP contribution in [0.4, 0.5) is 0 Å². The quantitative estimate of drug-likeness (QED) is 0.598. The minimum Gasteiger partial charge on any atom is -0.354 e. The molecule has 2 N–H and O–H groups in total. The fourth-order valence-corrected chi connectivity index (χ4v) is 1.81. The second-order valence-electron chi connectivity index (χ2n) is 4.70. The smallest absolute Gasteiger partial charge is 0.251 e. The molecule has 20 heavy (non-hydrogen) atoms. The number of benzene rings is 1. The number of amides is 2. The van der Waals surface area contributed by atoms with Crippen molar-refractivity contribution >= 4 is 23.4 Å². The highest BCUT2D eigenvalue weighted by molar-refractivity contribution is 6.17. The highest BCUT2D eigenvalue weighted by Crippen LogP contribution is 2.09. The summed E-state index contributed by atoms with van der Waals surface area (Å²) in [5, 5.41) is 5.51. The number of hydrogen-bond donors (Lipinski definition) is 2. The molecule has 1 aromatic rings. The van der Waals surface area contributed by atoms with Crippen LogP contribution in [0.25, 0.3) is 0 Å². The van der Waals surface area contributed by atoms with Crippen molar-refractivity contribution in [1.29, 1.82) is 0 Å². The molecule has 5 heteroatoms. The van der Waals surface area contributed by atoms with E-state index in [2.05, 4.69) is 10.6 Å². The van der Waals surface area contributed by atoms with Gasteiger partial charge in [0.2, 0.25) is 5.91 Å². The normalized spacial score (nSPS) is 10.2. The molecule has 0 bridgehead atoms. The molecule has 0 atom stereocenters. The summed E-state index contributed by atoms with van der Waals surface area (Å²) in [6.07, 6.45) is 1.09. The Balaban J connectivity index is 2.29. The minimum absolute atomic E-state index is 0.0360. The third kappa shape index (κ3) is 5.61. The first-order valence-electron chi connectivity index (χ1n) is 6.72. The van der Waals surface area contributed by atoms with Gasteiger partial charge < -0.3 is 10.6 Å². The van der Waals surface area contributed by atoms with E-state index >= 15 is 0 Å². The second-order valence-corrected chi connectivity index (χ2v) is 5.08. The molecule has 0 aliphatic rings. The SMILES string of the molecule is Cc1ccc(C(=O)NCCNC(=O)CCCCl)cc1C. The minimum atomic E-state index is -0.122. The Morgan fingerprint density at radius 2 is 1.80 bits per heavy atom. The number of halogens is 1. The third-order valence-corrected chi connectivity index (χ3v) is 3.31. The summed E-state index contributed by atoms with van der Waals surface area (Å²) >= 11 is 5.50. The van der Waals surface area contributed by atoms with Gasteiger partial charge in [0.05, 0.1) is 0 Å². The van der Waals surface area contributed by atoms with Gasteiger partial charge in [-0.05, 0) is 43.5 Å². The van der Waals surface area contributed by atoms with Crippen LogP contribution in [0, 0.1) is 13.8 Å². The van der Waals surface area contributed by atoms with Crippen molar-refractivity contribution in [3.05, 3.63) is 34.9 Å². The van der Waals surface area contributed by atoms with Gasteiger partial charge in [0, 0.05) is 31.0 Å². The van der Waals surface area contributed by atoms with E-state index in [-0.39, 0.29) is 11.8 Å². The van der Waals surface area contributed by atoms with E-state index in [0.717, 1.165) is 11.1 Å². The van der Waals surface area contributed by atoms with Crippen LogP contribution in [-0.2, 0) is 4.79 Å². The second kappa shape index (κ2) is 8.59. The van der Waals surface area contributed by atoms with Gasteiger partial charge in [-0.1, -0.05) is 6.07 Å². The van der Waals surface area contributed by atoms with Crippen LogP contribution in [-0.4, -0.2) is 30.8 Å². The first-order valence-corrected chi connectivity index (χ1v) is 7.26. The molecular formula is C15H21ClN2O2. The van der Waals surface area contributed by atoms with Gasteiger partial charge in [-0.15, -0.1) is 11.6 Å². The van der Waals surface area contributed by atoms with Gasteiger partial charge in [-0.2, -0.15) is 0 Å². The summed E-state index contributed by atoms with van der Waals surface area (Å²) < 4.78 is 0. The Kier molecular flexibility index (Phi) is 7.09. The van der Waals surface area contributed by atoms with E-state index in [1.54, 1.807) is 6.07 Å². The van der Waals surface area contributed by atoms with E-state index in [1.807, 2.05) is 26.0 Å². The average molecular weight is 297 g/mol. The highest BCUT2D eigenvalue weighted by atomic mass is 35.5. The van der Waals surface area contributed by atoms with Crippen LogP contribution in [0.5, 0.6) is 0 Å². The largest absolute Gasteiger partial charge is 0.354 e. The monoisotopic (exact) mass is 296 g/mol. The molecule has 0 spiro atoms. The lowest BCUT2D eigenvalue weighted by molar-refractivity contribution is -0.121. The van der Waals surface area contributed by atoms with Crippen LogP contribution in [0.15, 0.2) is 18.2 Å². The standard InChI is InChI=1S/C15H21ClN2O2/c1-11-5-6-13(10-12(11)2)15(20)18-9-8-17-14(19)4-3-7-16/h5-6,10H,3-4,7-9H2,1-2H3,(H,17,19)(H,18,20). The topological polar surface area (TPSA) is 58.2 Å². The van der Waals surface area contributed by atoms with Gasteiger partial charge in [-0.25, -0.2) is 0 Å². The molecule has 1 rings (SSSR count). The van der Waals surface area contributed by atoms with Crippen molar-refractivity contribution in [2.75, 3.05) is 19.0 Å². The number of hydrogen-bond acceptors (Lipinski definition) is 2. The molecule has 110 valence electrons. The Bertz CT molecular complexity index is 475. The molecule has 2 amide bonds. The Hall–Kier alpha value is -1.55. The molecular weight excluding hydrogens is 276 g/mol. The summed E-state index contributed by atoms with van der Waals surface area (Å²) in [6, 6.07) is 5.60. The molecule has 0 aliphatic heterocycles. The van der Waals surface area contributed by atoms with Crippen molar-refractivity contribution in [1.82, 2.24) is 10.6 Å². The van der Waals surface area contributed by atoms with E-state index in [1.165, 1.54) is 0 Å². The lowest BCUT2D eigenvalue weighted by atomic mass is 10.1. The molecule has 0 aliphatic carbocycles. The Morgan fingerprint density at radius 3 is 2.45 bits per heavy atom. The lowest BCUT2D eigenvalue weighted by Crippen LogP contribution is -2.34. The predicted octanol–water partition coefficient (Wildman–Crippen LogP) is 2.17. The number of alkyl halides is 1. The summed E-state index contributed by atoms with van der Waals surface area (Å²) in [5.74, 6) is 0.325. The summed E-state index contributed by atoms with van der Waals surface area (Å²) in [5.41, 5.74) is 2.89. The molecule has 4 nitrogen and oxygen atoms in total. The highest BCUT2D eigenvalue weighted by Gasteiger charge is 2.06. The van der Waals surface area contributed by atoms with Gasteiger partial charge in [-0.3, -0.25) is 9.59 Å². The van der Waals surface area contributed by atoms with Crippen molar-refractivity contribution in [3.63, 3.8) is 0 Å². The summed E-state index contributed by atoms with van der Waals surface area (Å²) in [6.45, 7) is 4.83. The number of rotatable bonds is 7. The van der Waals surface area contributed by atoms with Crippen molar-refractivity contribution in [3.8, 4) is 0 Å². The van der Waals surface area contributed by atoms with Crippen LogP contribution in [0.3, 0.4) is 0 Å². The molecule has 0 aromatic heterocycles. The van der Waals surface area contributed by atoms with Gasteiger partial charge in [0.15, 0.2) is 0 Å². The molecule has 1 aromatic carbocycles. The van der Waals surface area contributed by atoms with Crippen LogP contribution >= 0.6 is 11.6 Å². The molecule has 0 saturated carbocycles. The lowest BCUT2D eigenvalue weighted by Gasteiger charge is -2.08. The zero-order valence-electron chi connectivity index (χ0n) is 12.0. The summed E-state index contributed by atoms with van der Waals surface area (Å²) in [4.78, 5) is 23.2. The average Bonchev–Trinajstić information content (AvgIpc) is 2.44. The van der Waals surface area contributed by atoms with Crippen LogP contribution in [0.2, 0.25) is 0 Å². The van der Waals surface area contributed by atoms with Crippen molar-refractivity contribution < 1.29 is 9.59 Å². The first kappa shape index (κ1) is 16.5. The third-order valence-electron chi connectivity index (χ3n) is 3.04. The number of aryl methyl sites for hydroxylation is 2. The van der Waals surface area contributed by atoms with E-state index in [0.29, 0.717) is 37.4 Å². The zero-order chi connectivity index (χ0) is 15.0. The van der Waals surface area contributed by atoms with E-state index in [4.69, 9.17) is 11.6 Å². The summed E-state index contributed by atoms with van der Waals surface area (Å²) in [7, 11) is 0. The van der Waals surface area contributed by atoms with Gasteiger partial charge >= 0.3 is 0 Å². The number of carbonyl (C=O) groups is 2. The molecule has 0 unspecified atom stereocenters. The van der Waals surface area contributed by atoms with E-state index < -0.39 is 0 Å². The molecule has 0 fully saturated rings. The first-order chi connectivity index (χ1) is 9.54. The Labute approximate surface area is 124 Å². The fourth-order valence-electron chi connectivity index (χ4n) is 1.68. The maximum absolute atomic E-state index is 11.9.